The summed E-state index contributed by atoms with van der Waals surface area (Å²) >= 11 is 0. The summed E-state index contributed by atoms with van der Waals surface area (Å²) in [4.78, 5) is 4.11. The van der Waals surface area contributed by atoms with Gasteiger partial charge in [-0.3, -0.25) is 4.31 Å². The van der Waals surface area contributed by atoms with Crippen LogP contribution in [0.1, 0.15) is 12.0 Å². The van der Waals surface area contributed by atoms with Gasteiger partial charge < -0.3 is 0 Å². The Morgan fingerprint density at radius 3 is 3.00 bits per heavy atom. The van der Waals surface area contributed by atoms with Crippen molar-refractivity contribution in [1.82, 2.24) is 4.98 Å². The Morgan fingerprint density at radius 2 is 2.29 bits per heavy atom. The number of hydrogen-bond acceptors (Lipinski definition) is 3. The van der Waals surface area contributed by atoms with Gasteiger partial charge >= 0.3 is 0 Å². The maximum atomic E-state index is 11.4. The van der Waals surface area contributed by atoms with Crippen LogP contribution in [-0.4, -0.2) is 26.2 Å². The molecule has 0 bridgehead atoms. The summed E-state index contributed by atoms with van der Waals surface area (Å²) in [6.07, 6.45) is 4.63. The van der Waals surface area contributed by atoms with Crippen molar-refractivity contribution < 1.29 is 8.42 Å². The Labute approximate surface area is 83.6 Å². The van der Waals surface area contributed by atoms with E-state index in [4.69, 9.17) is 0 Å². The first-order valence-electron chi connectivity index (χ1n) is 4.50. The molecule has 1 aromatic rings. The minimum absolute atomic E-state index is 0.544. The number of aryl methyl sites for hydroxylation is 1. The van der Waals surface area contributed by atoms with E-state index in [1.807, 2.05) is 12.1 Å². The third kappa shape index (κ3) is 1.59. The van der Waals surface area contributed by atoms with Crippen LogP contribution in [0.3, 0.4) is 0 Å². The van der Waals surface area contributed by atoms with Crippen molar-refractivity contribution in [2.45, 2.75) is 12.8 Å². The van der Waals surface area contributed by atoms with E-state index in [0.29, 0.717) is 12.4 Å². The van der Waals surface area contributed by atoms with Crippen molar-refractivity contribution in [2.75, 3.05) is 17.1 Å². The number of hydrogen-bond donors (Lipinski definition) is 0. The smallest absolute Gasteiger partial charge is 0.233 e. The normalized spacial score (nSPS) is 16.5. The lowest BCUT2D eigenvalue weighted by molar-refractivity contribution is 0.591. The summed E-state index contributed by atoms with van der Waals surface area (Å²) in [5.41, 5.74) is 1.02. The van der Waals surface area contributed by atoms with Crippen molar-refractivity contribution in [2.24, 2.45) is 0 Å². The van der Waals surface area contributed by atoms with Gasteiger partial charge in [-0.05, 0) is 24.5 Å². The van der Waals surface area contributed by atoms with Crippen LogP contribution < -0.4 is 4.31 Å². The van der Waals surface area contributed by atoms with Crippen LogP contribution in [0.5, 0.6) is 0 Å². The van der Waals surface area contributed by atoms with E-state index in [9.17, 15) is 8.42 Å². The zero-order valence-corrected chi connectivity index (χ0v) is 8.79. The summed E-state index contributed by atoms with van der Waals surface area (Å²) in [7, 11) is -3.17. The molecule has 2 rings (SSSR count). The summed E-state index contributed by atoms with van der Waals surface area (Å²) in [6.45, 7) is 0.544. The third-order valence-corrected chi connectivity index (χ3v) is 3.47. The monoisotopic (exact) mass is 212 g/mol. The predicted octanol–water partition coefficient (Wildman–Crippen LogP) is 0.794. The Bertz CT molecular complexity index is 442. The van der Waals surface area contributed by atoms with Crippen molar-refractivity contribution in [3.05, 3.63) is 23.9 Å². The Morgan fingerprint density at radius 1 is 1.50 bits per heavy atom. The molecule has 0 aliphatic carbocycles. The van der Waals surface area contributed by atoms with Gasteiger partial charge in [-0.2, -0.15) is 0 Å². The third-order valence-electron chi connectivity index (χ3n) is 2.31. The number of aromatic nitrogens is 1. The maximum absolute atomic E-state index is 11.4. The standard InChI is InChI=1S/C9H12N2O2S/c1-14(12,13)11-7-3-5-8-4-2-6-10-9(8)11/h2,4,6H,3,5,7H2,1H3. The first-order valence-corrected chi connectivity index (χ1v) is 6.35. The highest BCUT2D eigenvalue weighted by atomic mass is 32.2. The van der Waals surface area contributed by atoms with Gasteiger partial charge in [0.05, 0.1) is 6.26 Å². The lowest BCUT2D eigenvalue weighted by atomic mass is 10.1. The number of anilines is 1. The molecule has 1 aromatic heterocycles. The zero-order valence-electron chi connectivity index (χ0n) is 7.97. The molecule has 0 atom stereocenters. The van der Waals surface area contributed by atoms with Gasteiger partial charge in [-0.1, -0.05) is 6.07 Å². The highest BCUT2D eigenvalue weighted by Gasteiger charge is 2.24. The fourth-order valence-corrected chi connectivity index (χ4v) is 2.63. The molecule has 4 nitrogen and oxygen atoms in total. The first kappa shape index (κ1) is 9.45. The Hall–Kier alpha value is -1.10. The van der Waals surface area contributed by atoms with Gasteiger partial charge in [-0.25, -0.2) is 13.4 Å². The highest BCUT2D eigenvalue weighted by molar-refractivity contribution is 7.92. The molecule has 1 aliphatic heterocycles. The number of fused-ring (bicyclic) bond motifs is 1. The molecule has 76 valence electrons. The molecule has 0 fully saturated rings. The molecule has 0 N–H and O–H groups in total. The number of rotatable bonds is 1. The number of sulfonamides is 1. The largest absolute Gasteiger partial charge is 0.254 e. The van der Waals surface area contributed by atoms with E-state index < -0.39 is 10.0 Å². The minimum Gasteiger partial charge on any atom is -0.254 e. The molecule has 0 unspecified atom stereocenters. The second kappa shape index (κ2) is 3.24. The average molecular weight is 212 g/mol. The van der Waals surface area contributed by atoms with Gasteiger partial charge in [0.2, 0.25) is 10.0 Å². The summed E-state index contributed by atoms with van der Waals surface area (Å²) in [6, 6.07) is 3.77. The molecule has 2 heterocycles. The highest BCUT2D eigenvalue weighted by Crippen LogP contribution is 2.25. The van der Waals surface area contributed by atoms with Crippen molar-refractivity contribution in [3.8, 4) is 0 Å². The van der Waals surface area contributed by atoms with E-state index in [1.165, 1.54) is 10.6 Å². The molecule has 0 amide bonds. The SMILES string of the molecule is CS(=O)(=O)N1CCCc2cccnc21. The average Bonchev–Trinajstić information content (AvgIpc) is 2.15. The van der Waals surface area contributed by atoms with Crippen LogP contribution in [0.25, 0.3) is 0 Å². The van der Waals surface area contributed by atoms with Crippen LogP contribution >= 0.6 is 0 Å². The summed E-state index contributed by atoms with van der Waals surface area (Å²) < 4.78 is 24.3. The minimum atomic E-state index is -3.17. The maximum Gasteiger partial charge on any atom is 0.233 e. The fraction of sp³-hybridized carbons (Fsp3) is 0.444. The van der Waals surface area contributed by atoms with Crippen molar-refractivity contribution >= 4 is 15.8 Å². The van der Waals surface area contributed by atoms with Gasteiger partial charge in [0.25, 0.3) is 0 Å². The molecule has 0 spiro atoms. The van der Waals surface area contributed by atoms with Crippen LogP contribution in [0.15, 0.2) is 18.3 Å². The Kier molecular flexibility index (Phi) is 2.19. The molecular formula is C9H12N2O2S. The van der Waals surface area contributed by atoms with Crippen LogP contribution in [-0.2, 0) is 16.4 Å². The Balaban J connectivity index is 2.51. The van der Waals surface area contributed by atoms with E-state index >= 15 is 0 Å². The van der Waals surface area contributed by atoms with Crippen molar-refractivity contribution in [3.63, 3.8) is 0 Å². The molecule has 0 aromatic carbocycles. The topological polar surface area (TPSA) is 50.3 Å². The number of nitrogens with zero attached hydrogens (tertiary/aromatic N) is 2. The molecule has 14 heavy (non-hydrogen) atoms. The van der Waals surface area contributed by atoms with Crippen LogP contribution in [0, 0.1) is 0 Å². The van der Waals surface area contributed by atoms with Gasteiger partial charge in [0.15, 0.2) is 0 Å². The van der Waals surface area contributed by atoms with Gasteiger partial charge in [-0.15, -0.1) is 0 Å². The second-order valence-electron chi connectivity index (χ2n) is 3.42. The molecule has 5 heteroatoms. The van der Waals surface area contributed by atoms with Gasteiger partial charge in [0.1, 0.15) is 5.82 Å². The number of pyridine rings is 1. The van der Waals surface area contributed by atoms with Crippen LogP contribution in [0.4, 0.5) is 5.82 Å². The van der Waals surface area contributed by atoms with Crippen LogP contribution in [0.2, 0.25) is 0 Å². The molecule has 0 saturated heterocycles. The van der Waals surface area contributed by atoms with Crippen molar-refractivity contribution in [1.29, 1.82) is 0 Å². The zero-order chi connectivity index (χ0) is 10.2. The lowest BCUT2D eigenvalue weighted by Gasteiger charge is -2.27. The fourth-order valence-electron chi connectivity index (χ4n) is 1.69. The molecular weight excluding hydrogens is 200 g/mol. The summed E-state index contributed by atoms with van der Waals surface area (Å²) in [5.74, 6) is 0.598. The van der Waals surface area contributed by atoms with E-state index in [-0.39, 0.29) is 0 Å². The van der Waals surface area contributed by atoms with E-state index in [0.717, 1.165) is 18.4 Å². The van der Waals surface area contributed by atoms with E-state index in [2.05, 4.69) is 4.98 Å². The molecule has 0 saturated carbocycles. The van der Waals surface area contributed by atoms with E-state index in [1.54, 1.807) is 6.20 Å². The molecule has 1 aliphatic rings. The first-order chi connectivity index (χ1) is 6.59. The van der Waals surface area contributed by atoms with Gasteiger partial charge in [0, 0.05) is 12.7 Å². The molecule has 0 radical (unpaired) electrons. The quantitative estimate of drug-likeness (QED) is 0.691. The second-order valence-corrected chi connectivity index (χ2v) is 5.33. The summed E-state index contributed by atoms with van der Waals surface area (Å²) in [5, 5.41) is 0. The predicted molar refractivity (Wildman–Crippen MR) is 54.7 cm³/mol. The lowest BCUT2D eigenvalue weighted by Crippen LogP contribution is -2.35.